The highest BCUT2D eigenvalue weighted by atomic mass is 19.1. The summed E-state index contributed by atoms with van der Waals surface area (Å²) in [5.74, 6) is 0.413. The summed E-state index contributed by atoms with van der Waals surface area (Å²) < 4.78 is 16.6. The van der Waals surface area contributed by atoms with Crippen molar-refractivity contribution in [1.82, 2.24) is 14.5 Å². The molecule has 2 aliphatic heterocycles. The van der Waals surface area contributed by atoms with E-state index in [1.165, 1.54) is 4.57 Å². The molecule has 26 heavy (non-hydrogen) atoms. The Morgan fingerprint density at radius 2 is 1.96 bits per heavy atom. The van der Waals surface area contributed by atoms with Crippen LogP contribution in [0.5, 0.6) is 0 Å². The number of aryl methyl sites for hydroxylation is 2. The number of likely N-dealkylation sites (N-methyl/N-ethyl adjacent to an activating group) is 1. The molecule has 0 N–H and O–H groups in total. The van der Waals surface area contributed by atoms with E-state index < -0.39 is 0 Å². The van der Waals surface area contributed by atoms with Crippen LogP contribution in [0, 0.1) is 12.7 Å². The van der Waals surface area contributed by atoms with Crippen LogP contribution in [0.25, 0.3) is 10.9 Å². The van der Waals surface area contributed by atoms with Gasteiger partial charge in [-0.05, 0) is 38.9 Å². The van der Waals surface area contributed by atoms with E-state index in [-0.39, 0.29) is 17.5 Å². The fraction of sp³-hybridized carbons (Fsp3) is 0.579. The van der Waals surface area contributed by atoms with Gasteiger partial charge in [-0.3, -0.25) is 9.47 Å². The van der Waals surface area contributed by atoms with E-state index in [2.05, 4.69) is 28.8 Å². The molecule has 0 radical (unpaired) electrons. The Balaban J connectivity index is 2.08. The first-order chi connectivity index (χ1) is 12.3. The largest absolute Gasteiger partial charge is 0.371 e. The second-order valence-corrected chi connectivity index (χ2v) is 7.83. The maximum Gasteiger partial charge on any atom is 0.349 e. The van der Waals surface area contributed by atoms with Crippen molar-refractivity contribution in [2.75, 3.05) is 43.5 Å². The molecule has 2 unspecified atom stereocenters. The standard InChI is InChI=1S/C19H26FN5O/c1-11-8-14-15-17(16(11)20)22(3)7-6-13-10-23(4)12(2)9-25(13)18(15)21-19(26)24(14)5/h8,12-13H,6-7,9-10H2,1-5H3. The van der Waals surface area contributed by atoms with Crippen LogP contribution in [-0.4, -0.2) is 60.3 Å². The Morgan fingerprint density at radius 1 is 1.23 bits per heavy atom. The molecule has 1 aromatic heterocycles. The summed E-state index contributed by atoms with van der Waals surface area (Å²) >= 11 is 0. The number of anilines is 2. The van der Waals surface area contributed by atoms with Crippen LogP contribution < -0.4 is 15.5 Å². The van der Waals surface area contributed by atoms with Gasteiger partial charge >= 0.3 is 5.69 Å². The van der Waals surface area contributed by atoms with Crippen molar-refractivity contribution in [2.45, 2.75) is 32.4 Å². The monoisotopic (exact) mass is 359 g/mol. The maximum atomic E-state index is 15.1. The molecule has 1 fully saturated rings. The highest BCUT2D eigenvalue weighted by Crippen LogP contribution is 2.39. The Bertz CT molecular complexity index is 940. The number of aromatic nitrogens is 2. The lowest BCUT2D eigenvalue weighted by Gasteiger charge is -2.46. The SMILES string of the molecule is Cc1cc2c3c(nc(=O)n2C)N2CC(C)N(C)CC2CCN(C)c3c1F. The van der Waals surface area contributed by atoms with Gasteiger partial charge in [-0.15, -0.1) is 0 Å². The Morgan fingerprint density at radius 3 is 2.69 bits per heavy atom. The van der Waals surface area contributed by atoms with Crippen LogP contribution in [0.4, 0.5) is 15.9 Å². The molecule has 6 nitrogen and oxygen atoms in total. The Labute approximate surface area is 152 Å². The number of hydrogen-bond acceptors (Lipinski definition) is 5. The summed E-state index contributed by atoms with van der Waals surface area (Å²) in [5.41, 5.74) is 1.56. The van der Waals surface area contributed by atoms with Crippen molar-refractivity contribution in [3.05, 3.63) is 27.9 Å². The molecule has 0 saturated carbocycles. The third-order valence-corrected chi connectivity index (χ3v) is 6.08. The van der Waals surface area contributed by atoms with Gasteiger partial charge in [0, 0.05) is 45.8 Å². The minimum absolute atomic E-state index is 0.220. The average Bonchev–Trinajstić information content (AvgIpc) is 2.59. The number of halogens is 1. The molecule has 1 aromatic carbocycles. The van der Waals surface area contributed by atoms with Crippen molar-refractivity contribution < 1.29 is 4.39 Å². The lowest BCUT2D eigenvalue weighted by molar-refractivity contribution is 0.195. The van der Waals surface area contributed by atoms with Gasteiger partial charge in [-0.25, -0.2) is 9.18 Å². The first kappa shape index (κ1) is 17.3. The van der Waals surface area contributed by atoms with Gasteiger partial charge in [0.25, 0.3) is 0 Å². The second kappa shape index (κ2) is 5.94. The van der Waals surface area contributed by atoms with Gasteiger partial charge in [0.05, 0.1) is 16.6 Å². The molecule has 140 valence electrons. The summed E-state index contributed by atoms with van der Waals surface area (Å²) in [6, 6.07) is 2.38. The molecule has 0 spiro atoms. The fourth-order valence-corrected chi connectivity index (χ4v) is 4.28. The Kier molecular flexibility index (Phi) is 3.95. The summed E-state index contributed by atoms with van der Waals surface area (Å²) in [4.78, 5) is 23.5. The average molecular weight is 359 g/mol. The van der Waals surface area contributed by atoms with Crippen LogP contribution in [0.3, 0.4) is 0 Å². The topological polar surface area (TPSA) is 44.6 Å². The smallest absolute Gasteiger partial charge is 0.349 e. The van der Waals surface area contributed by atoms with E-state index in [4.69, 9.17) is 0 Å². The molecule has 0 bridgehead atoms. The molecular weight excluding hydrogens is 333 g/mol. The molecular formula is C19H26FN5O. The number of piperazine rings is 1. The van der Waals surface area contributed by atoms with Gasteiger partial charge in [0.15, 0.2) is 0 Å². The van der Waals surface area contributed by atoms with E-state index in [0.717, 1.165) is 37.0 Å². The molecule has 2 atom stereocenters. The number of rotatable bonds is 0. The molecule has 0 amide bonds. The first-order valence-electron chi connectivity index (χ1n) is 9.17. The van der Waals surface area contributed by atoms with Crippen molar-refractivity contribution >= 4 is 22.4 Å². The Hall–Kier alpha value is -2.15. The number of benzene rings is 1. The minimum Gasteiger partial charge on any atom is -0.371 e. The lowest BCUT2D eigenvalue weighted by atomic mass is 10.00. The van der Waals surface area contributed by atoms with Gasteiger partial charge in [0.2, 0.25) is 0 Å². The van der Waals surface area contributed by atoms with E-state index >= 15 is 4.39 Å². The first-order valence-corrected chi connectivity index (χ1v) is 9.17. The normalized spacial score (nSPS) is 23.8. The zero-order valence-electron chi connectivity index (χ0n) is 16.1. The van der Waals surface area contributed by atoms with Gasteiger partial charge in [-0.2, -0.15) is 4.98 Å². The van der Waals surface area contributed by atoms with Crippen molar-refractivity contribution in [3.8, 4) is 0 Å². The third-order valence-electron chi connectivity index (χ3n) is 6.08. The van der Waals surface area contributed by atoms with Crippen LogP contribution >= 0.6 is 0 Å². The highest BCUT2D eigenvalue weighted by molar-refractivity contribution is 6.01. The molecule has 1 saturated heterocycles. The lowest BCUT2D eigenvalue weighted by Crippen LogP contribution is -2.57. The molecule has 0 aliphatic carbocycles. The van der Waals surface area contributed by atoms with Crippen molar-refractivity contribution in [2.24, 2.45) is 7.05 Å². The predicted octanol–water partition coefficient (Wildman–Crippen LogP) is 1.73. The zero-order valence-corrected chi connectivity index (χ0v) is 16.1. The summed E-state index contributed by atoms with van der Waals surface area (Å²) in [6.45, 7) is 6.40. The zero-order chi connectivity index (χ0) is 18.7. The number of nitrogens with zero attached hydrogens (tertiary/aromatic N) is 5. The highest BCUT2D eigenvalue weighted by Gasteiger charge is 2.35. The summed E-state index contributed by atoms with van der Waals surface area (Å²) in [7, 11) is 5.77. The van der Waals surface area contributed by atoms with E-state index in [1.54, 1.807) is 20.0 Å². The molecule has 2 aliphatic rings. The van der Waals surface area contributed by atoms with Crippen molar-refractivity contribution in [1.29, 1.82) is 0 Å². The molecule has 4 rings (SSSR count). The maximum absolute atomic E-state index is 15.1. The van der Waals surface area contributed by atoms with Crippen LogP contribution in [0.15, 0.2) is 10.9 Å². The quantitative estimate of drug-likeness (QED) is 0.717. The number of hydrogen-bond donors (Lipinski definition) is 0. The minimum atomic E-state index is -0.294. The predicted molar refractivity (Wildman–Crippen MR) is 103 cm³/mol. The fourth-order valence-electron chi connectivity index (χ4n) is 4.28. The van der Waals surface area contributed by atoms with Gasteiger partial charge < -0.3 is 9.80 Å². The molecule has 2 aromatic rings. The van der Waals surface area contributed by atoms with Crippen LogP contribution in [0.1, 0.15) is 18.9 Å². The van der Waals surface area contributed by atoms with E-state index in [0.29, 0.717) is 23.1 Å². The van der Waals surface area contributed by atoms with Gasteiger partial charge in [-0.1, -0.05) is 0 Å². The third kappa shape index (κ3) is 2.40. The van der Waals surface area contributed by atoms with Crippen molar-refractivity contribution in [3.63, 3.8) is 0 Å². The second-order valence-electron chi connectivity index (χ2n) is 7.83. The van der Waals surface area contributed by atoms with Gasteiger partial charge in [0.1, 0.15) is 11.6 Å². The molecule has 7 heteroatoms. The van der Waals surface area contributed by atoms with Crippen LogP contribution in [0.2, 0.25) is 0 Å². The summed E-state index contributed by atoms with van der Waals surface area (Å²) in [6.07, 6.45) is 0.902. The summed E-state index contributed by atoms with van der Waals surface area (Å²) in [5, 5.41) is 0.749. The van der Waals surface area contributed by atoms with Crippen LogP contribution in [-0.2, 0) is 7.05 Å². The number of fused-ring (bicyclic) bond motifs is 2. The molecule has 3 heterocycles. The van der Waals surface area contributed by atoms with E-state index in [1.807, 2.05) is 11.9 Å². The van der Waals surface area contributed by atoms with E-state index in [9.17, 15) is 4.79 Å².